The number of ketones is 1. The van der Waals surface area contributed by atoms with Gasteiger partial charge in [0.05, 0.1) is 31.9 Å². The fraction of sp³-hybridized carbons (Fsp3) is 0.429. The highest BCUT2D eigenvalue weighted by Crippen LogP contribution is 2.42. The van der Waals surface area contributed by atoms with Crippen LogP contribution in [0.4, 0.5) is 0 Å². The van der Waals surface area contributed by atoms with Crippen LogP contribution in [0, 0.1) is 6.92 Å². The third-order valence-electron chi connectivity index (χ3n) is 6.04. The first-order valence-electron chi connectivity index (χ1n) is 12.2. The molecule has 194 valence electrons. The predicted octanol–water partition coefficient (Wildman–Crippen LogP) is 4.17. The van der Waals surface area contributed by atoms with Crippen molar-refractivity contribution in [2.45, 2.75) is 33.2 Å². The van der Waals surface area contributed by atoms with E-state index in [9.17, 15) is 14.7 Å². The Kier molecular flexibility index (Phi) is 8.98. The second-order valence-electron chi connectivity index (χ2n) is 8.97. The van der Waals surface area contributed by atoms with Crippen LogP contribution in [0.25, 0.3) is 5.76 Å². The summed E-state index contributed by atoms with van der Waals surface area (Å²) in [4.78, 5) is 29.9. The Labute approximate surface area is 213 Å². The van der Waals surface area contributed by atoms with Crippen molar-refractivity contribution in [1.29, 1.82) is 0 Å². The van der Waals surface area contributed by atoms with Gasteiger partial charge in [0, 0.05) is 18.7 Å². The lowest BCUT2D eigenvalue weighted by molar-refractivity contribution is -0.140. The van der Waals surface area contributed by atoms with Crippen molar-refractivity contribution in [3.63, 3.8) is 0 Å². The summed E-state index contributed by atoms with van der Waals surface area (Å²) in [5, 5.41) is 11.4. The van der Waals surface area contributed by atoms with Gasteiger partial charge in [-0.2, -0.15) is 0 Å². The van der Waals surface area contributed by atoms with Crippen molar-refractivity contribution in [2.75, 3.05) is 47.5 Å². The van der Waals surface area contributed by atoms with Gasteiger partial charge < -0.3 is 29.1 Å². The number of Topliss-reactive ketones (excluding diaryl/α,β-unsaturated/α-hetero) is 1. The summed E-state index contributed by atoms with van der Waals surface area (Å²) in [6.45, 7) is 7.66. The van der Waals surface area contributed by atoms with Crippen LogP contribution in [-0.2, 0) is 9.59 Å². The molecular weight excluding hydrogens is 460 g/mol. The molecular formula is C28H36N2O6. The topological polar surface area (TPSA) is 88.5 Å². The van der Waals surface area contributed by atoms with E-state index in [4.69, 9.17) is 14.2 Å². The number of likely N-dealkylation sites (N-methyl/N-ethyl adjacent to an activating group) is 1. The number of amides is 1. The Bertz CT molecular complexity index is 1140. The molecule has 2 aromatic rings. The molecule has 0 saturated carbocycles. The zero-order chi connectivity index (χ0) is 26.4. The van der Waals surface area contributed by atoms with Crippen LogP contribution in [0.5, 0.6) is 17.2 Å². The van der Waals surface area contributed by atoms with E-state index >= 15 is 0 Å². The fourth-order valence-corrected chi connectivity index (χ4v) is 4.22. The number of aliphatic hydroxyl groups excluding tert-OH is 1. The number of hydrogen-bond acceptors (Lipinski definition) is 7. The molecule has 1 aliphatic rings. The Hall–Kier alpha value is -3.52. The smallest absolute Gasteiger partial charge is 0.295 e. The van der Waals surface area contributed by atoms with Crippen LogP contribution in [0.2, 0.25) is 0 Å². The van der Waals surface area contributed by atoms with E-state index in [1.165, 1.54) is 4.90 Å². The van der Waals surface area contributed by atoms with Gasteiger partial charge in [0.1, 0.15) is 11.5 Å². The molecule has 0 radical (unpaired) electrons. The SMILES string of the molecule is CCCOc1cc(C2/C(=C(/O)c3ccc(OCC)c(C)c3)C(=O)C(=O)N2CCN(C)C)ccc1OC. The van der Waals surface area contributed by atoms with Gasteiger partial charge in [0.15, 0.2) is 11.5 Å². The summed E-state index contributed by atoms with van der Waals surface area (Å²) in [6.07, 6.45) is 0.811. The first-order chi connectivity index (χ1) is 17.2. The zero-order valence-electron chi connectivity index (χ0n) is 22.0. The lowest BCUT2D eigenvalue weighted by Crippen LogP contribution is -2.35. The van der Waals surface area contributed by atoms with Gasteiger partial charge in [0.2, 0.25) is 0 Å². The van der Waals surface area contributed by atoms with Crippen LogP contribution >= 0.6 is 0 Å². The number of methoxy groups -OCH3 is 1. The van der Waals surface area contributed by atoms with E-state index in [0.29, 0.717) is 54.7 Å². The van der Waals surface area contributed by atoms with Gasteiger partial charge >= 0.3 is 0 Å². The molecule has 1 aliphatic heterocycles. The molecule has 36 heavy (non-hydrogen) atoms. The van der Waals surface area contributed by atoms with E-state index in [-0.39, 0.29) is 11.3 Å². The highest BCUT2D eigenvalue weighted by atomic mass is 16.5. The number of ether oxygens (including phenoxy) is 3. The first kappa shape index (κ1) is 27.1. The summed E-state index contributed by atoms with van der Waals surface area (Å²) < 4.78 is 16.9. The van der Waals surface area contributed by atoms with E-state index in [1.54, 1.807) is 43.5 Å². The molecule has 1 heterocycles. The number of benzene rings is 2. The minimum atomic E-state index is -0.772. The Balaban J connectivity index is 2.16. The third-order valence-corrected chi connectivity index (χ3v) is 6.04. The third kappa shape index (κ3) is 5.65. The number of rotatable bonds is 11. The monoisotopic (exact) mass is 496 g/mol. The second kappa shape index (κ2) is 11.9. The summed E-state index contributed by atoms with van der Waals surface area (Å²) >= 11 is 0. The summed E-state index contributed by atoms with van der Waals surface area (Å²) in [5.74, 6) is 0.202. The quantitative estimate of drug-likeness (QED) is 0.284. The Morgan fingerprint density at radius 3 is 2.36 bits per heavy atom. The van der Waals surface area contributed by atoms with Gasteiger partial charge in [0.25, 0.3) is 11.7 Å². The molecule has 1 atom stereocenters. The van der Waals surface area contributed by atoms with Crippen molar-refractivity contribution in [3.8, 4) is 17.2 Å². The van der Waals surface area contributed by atoms with E-state index in [0.717, 1.165) is 12.0 Å². The molecule has 1 fully saturated rings. The molecule has 3 rings (SSSR count). The summed E-state index contributed by atoms with van der Waals surface area (Å²) in [7, 11) is 5.36. The highest BCUT2D eigenvalue weighted by molar-refractivity contribution is 6.46. The standard InChI is InChI=1S/C28H36N2O6/c1-7-15-36-23-17-19(9-12-22(23)34-6)25-24(27(32)28(33)30(25)14-13-29(4)5)26(31)20-10-11-21(35-8-2)18(3)16-20/h9-12,16-17,25,31H,7-8,13-15H2,1-6H3/b26-24-. The average molecular weight is 497 g/mol. The summed E-state index contributed by atoms with van der Waals surface area (Å²) in [5.41, 5.74) is 1.97. The number of nitrogens with zero attached hydrogens (tertiary/aromatic N) is 2. The minimum Gasteiger partial charge on any atom is -0.507 e. The van der Waals surface area contributed by atoms with Crippen LogP contribution < -0.4 is 14.2 Å². The number of hydrogen-bond donors (Lipinski definition) is 1. The van der Waals surface area contributed by atoms with Crippen molar-refractivity contribution in [1.82, 2.24) is 9.80 Å². The largest absolute Gasteiger partial charge is 0.507 e. The van der Waals surface area contributed by atoms with Crippen LogP contribution in [-0.4, -0.2) is 74.1 Å². The van der Waals surface area contributed by atoms with Crippen molar-refractivity contribution in [3.05, 3.63) is 58.7 Å². The van der Waals surface area contributed by atoms with Crippen molar-refractivity contribution < 1.29 is 28.9 Å². The van der Waals surface area contributed by atoms with Gasteiger partial charge in [-0.05, 0) is 75.8 Å². The molecule has 1 amide bonds. The fourth-order valence-electron chi connectivity index (χ4n) is 4.22. The highest BCUT2D eigenvalue weighted by Gasteiger charge is 2.46. The number of carbonyl (C=O) groups is 2. The Morgan fingerprint density at radius 1 is 1.03 bits per heavy atom. The molecule has 0 bridgehead atoms. The van der Waals surface area contributed by atoms with Gasteiger partial charge in [-0.3, -0.25) is 9.59 Å². The zero-order valence-corrected chi connectivity index (χ0v) is 22.0. The maximum absolute atomic E-state index is 13.3. The van der Waals surface area contributed by atoms with Crippen LogP contribution in [0.3, 0.4) is 0 Å². The lowest BCUT2D eigenvalue weighted by atomic mass is 9.94. The Morgan fingerprint density at radius 2 is 1.75 bits per heavy atom. The molecule has 1 N–H and O–H groups in total. The lowest BCUT2D eigenvalue weighted by Gasteiger charge is -2.27. The van der Waals surface area contributed by atoms with Crippen molar-refractivity contribution in [2.24, 2.45) is 0 Å². The summed E-state index contributed by atoms with van der Waals surface area (Å²) in [6, 6.07) is 9.78. The number of likely N-dealkylation sites (tertiary alicyclic amines) is 1. The molecule has 1 saturated heterocycles. The number of carbonyl (C=O) groups excluding carboxylic acids is 2. The van der Waals surface area contributed by atoms with E-state index < -0.39 is 17.7 Å². The van der Waals surface area contributed by atoms with Gasteiger partial charge in [-0.25, -0.2) is 0 Å². The molecule has 0 spiro atoms. The molecule has 2 aromatic carbocycles. The number of aryl methyl sites for hydroxylation is 1. The minimum absolute atomic E-state index is 0.0499. The van der Waals surface area contributed by atoms with Crippen LogP contribution in [0.1, 0.15) is 43.0 Å². The molecule has 0 aliphatic carbocycles. The predicted molar refractivity (Wildman–Crippen MR) is 139 cm³/mol. The normalized spacial score (nSPS) is 17.1. The van der Waals surface area contributed by atoms with Crippen LogP contribution in [0.15, 0.2) is 42.0 Å². The van der Waals surface area contributed by atoms with Gasteiger partial charge in [-0.1, -0.05) is 13.0 Å². The second-order valence-corrected chi connectivity index (χ2v) is 8.97. The van der Waals surface area contributed by atoms with E-state index in [1.807, 2.05) is 39.8 Å². The number of aliphatic hydroxyl groups is 1. The maximum atomic E-state index is 13.3. The molecule has 8 heteroatoms. The van der Waals surface area contributed by atoms with Gasteiger partial charge in [-0.15, -0.1) is 0 Å². The molecule has 0 aromatic heterocycles. The van der Waals surface area contributed by atoms with E-state index in [2.05, 4.69) is 0 Å². The van der Waals surface area contributed by atoms with Crippen molar-refractivity contribution >= 4 is 17.4 Å². The maximum Gasteiger partial charge on any atom is 0.295 e. The molecule has 8 nitrogen and oxygen atoms in total. The average Bonchev–Trinajstić information content (AvgIpc) is 3.11. The first-order valence-corrected chi connectivity index (χ1v) is 12.2. The molecule has 1 unspecified atom stereocenters.